The van der Waals surface area contributed by atoms with E-state index in [4.69, 9.17) is 11.6 Å². The first-order valence-electron chi connectivity index (χ1n) is 3.02. The molecule has 2 atom stereocenters. The Labute approximate surface area is 73.1 Å². The van der Waals surface area contributed by atoms with Crippen LogP contribution >= 0.6 is 34.2 Å². The third-order valence-electron chi connectivity index (χ3n) is 1.96. The summed E-state index contributed by atoms with van der Waals surface area (Å²) < 4.78 is 1.36. The largest absolute Gasteiger partial charge is 0.0877 e. The van der Waals surface area contributed by atoms with Crippen molar-refractivity contribution in [2.75, 3.05) is 0 Å². The van der Waals surface area contributed by atoms with E-state index in [-0.39, 0.29) is 0 Å². The topological polar surface area (TPSA) is 0 Å². The molecule has 0 unspecified atom stereocenters. The van der Waals surface area contributed by atoms with Crippen molar-refractivity contribution < 1.29 is 0 Å². The van der Waals surface area contributed by atoms with Crippen molar-refractivity contribution in [2.24, 2.45) is 11.8 Å². The quantitative estimate of drug-likeness (QED) is 0.459. The van der Waals surface area contributed by atoms with Gasteiger partial charge in [0.1, 0.15) is 0 Å². The molecule has 2 aliphatic carbocycles. The van der Waals surface area contributed by atoms with Crippen LogP contribution in [0.15, 0.2) is 20.8 Å². The Hall–Kier alpha value is 0.500. The molecule has 0 fully saturated rings. The van der Waals surface area contributed by atoms with Gasteiger partial charge in [-0.1, -0.05) is 23.8 Å². The van der Waals surface area contributed by atoms with Crippen molar-refractivity contribution in [3.8, 4) is 0 Å². The van der Waals surface area contributed by atoms with Crippen LogP contribution in [0.5, 0.6) is 0 Å². The third-order valence-corrected chi connectivity index (χ3v) is 4.15. The summed E-state index contributed by atoms with van der Waals surface area (Å²) in [5.41, 5.74) is 0. The highest BCUT2D eigenvalue weighted by molar-refractivity contribution is 14.1. The van der Waals surface area contributed by atoms with Gasteiger partial charge in [0.2, 0.25) is 0 Å². The molecule has 0 aromatic heterocycles. The zero-order valence-corrected chi connectivity index (χ0v) is 7.69. The van der Waals surface area contributed by atoms with Gasteiger partial charge < -0.3 is 0 Å². The molecule has 0 aromatic rings. The fraction of sp³-hybridized carbons (Fsp3) is 0.429. The predicted molar refractivity (Wildman–Crippen MR) is 47.6 cm³/mol. The van der Waals surface area contributed by atoms with Gasteiger partial charge >= 0.3 is 0 Å². The van der Waals surface area contributed by atoms with Crippen LogP contribution < -0.4 is 0 Å². The molecule has 2 bridgehead atoms. The second-order valence-electron chi connectivity index (χ2n) is 2.53. The zero-order valence-electron chi connectivity index (χ0n) is 4.77. The van der Waals surface area contributed by atoms with Crippen LogP contribution in [-0.4, -0.2) is 0 Å². The van der Waals surface area contributed by atoms with Crippen LogP contribution in [0.2, 0.25) is 0 Å². The monoisotopic (exact) mass is 252 g/mol. The fourth-order valence-corrected chi connectivity index (χ4v) is 2.59. The van der Waals surface area contributed by atoms with Crippen LogP contribution in [-0.2, 0) is 0 Å². The van der Waals surface area contributed by atoms with Gasteiger partial charge in [0, 0.05) is 20.4 Å². The highest BCUT2D eigenvalue weighted by Crippen LogP contribution is 2.48. The summed E-state index contributed by atoms with van der Waals surface area (Å²) >= 11 is 8.33. The second kappa shape index (κ2) is 1.99. The summed E-state index contributed by atoms with van der Waals surface area (Å²) in [7, 11) is 0. The average molecular weight is 252 g/mol. The first-order chi connectivity index (χ1) is 4.29. The number of allylic oxidation sites excluding steroid dienone is 4. The fourth-order valence-electron chi connectivity index (χ4n) is 1.43. The lowest BCUT2D eigenvalue weighted by Crippen LogP contribution is -1.85. The standard InChI is InChI=1S/C7H6ClI/c8-6-4-1-2-5(3-4)7(6)9/h1-2,4-5H,3H2/t4-,5+/m0/s1. The number of hydrogen-bond acceptors (Lipinski definition) is 0. The van der Waals surface area contributed by atoms with E-state index in [1.165, 1.54) is 10.0 Å². The molecule has 0 radical (unpaired) electrons. The van der Waals surface area contributed by atoms with Crippen LogP contribution in [0, 0.1) is 11.8 Å². The molecule has 2 heteroatoms. The van der Waals surface area contributed by atoms with E-state index in [0.717, 1.165) is 5.03 Å². The van der Waals surface area contributed by atoms with Gasteiger partial charge in [0.25, 0.3) is 0 Å². The molecular formula is C7H6ClI. The number of halogens is 2. The molecule has 0 saturated carbocycles. The van der Waals surface area contributed by atoms with E-state index in [2.05, 4.69) is 34.7 Å². The minimum atomic E-state index is 0.573. The minimum absolute atomic E-state index is 0.573. The van der Waals surface area contributed by atoms with Crippen LogP contribution in [0.1, 0.15) is 6.42 Å². The van der Waals surface area contributed by atoms with Gasteiger partial charge in [-0.3, -0.25) is 0 Å². The van der Waals surface area contributed by atoms with E-state index in [0.29, 0.717) is 11.8 Å². The highest BCUT2D eigenvalue weighted by atomic mass is 127. The molecule has 0 aliphatic heterocycles. The van der Waals surface area contributed by atoms with Gasteiger partial charge in [-0.2, -0.15) is 0 Å². The predicted octanol–water partition coefficient (Wildman–Crippen LogP) is 3.08. The smallest absolute Gasteiger partial charge is 0.0348 e. The van der Waals surface area contributed by atoms with E-state index >= 15 is 0 Å². The molecule has 2 aliphatic rings. The Morgan fingerprint density at radius 1 is 1.44 bits per heavy atom. The van der Waals surface area contributed by atoms with Crippen molar-refractivity contribution in [1.82, 2.24) is 0 Å². The summed E-state index contributed by atoms with van der Waals surface area (Å²) in [5.74, 6) is 1.24. The molecule has 0 spiro atoms. The number of rotatable bonds is 0. The maximum absolute atomic E-state index is 5.98. The van der Waals surface area contributed by atoms with Gasteiger partial charge in [0.15, 0.2) is 0 Å². The molecule has 0 N–H and O–H groups in total. The number of fused-ring (bicyclic) bond motifs is 2. The molecular weight excluding hydrogens is 246 g/mol. The lowest BCUT2D eigenvalue weighted by molar-refractivity contribution is 0.725. The Bertz CT molecular complexity index is 185. The molecule has 2 rings (SSSR count). The summed E-state index contributed by atoms with van der Waals surface area (Å²) in [4.78, 5) is 0. The molecule has 0 aromatic carbocycles. The molecule has 9 heavy (non-hydrogen) atoms. The van der Waals surface area contributed by atoms with Gasteiger partial charge in [-0.05, 0) is 29.0 Å². The lowest BCUT2D eigenvalue weighted by atomic mass is 10.2. The summed E-state index contributed by atoms with van der Waals surface area (Å²) in [5, 5.41) is 1.09. The Morgan fingerprint density at radius 2 is 2.11 bits per heavy atom. The normalized spacial score (nSPS) is 38.9. The van der Waals surface area contributed by atoms with Crippen molar-refractivity contribution >= 4 is 34.2 Å². The maximum Gasteiger partial charge on any atom is 0.0348 e. The van der Waals surface area contributed by atoms with Crippen molar-refractivity contribution in [3.63, 3.8) is 0 Å². The summed E-state index contributed by atoms with van der Waals surface area (Å²) in [6.45, 7) is 0. The maximum atomic E-state index is 5.98. The van der Waals surface area contributed by atoms with Crippen LogP contribution in [0.3, 0.4) is 0 Å². The van der Waals surface area contributed by atoms with E-state index in [1.54, 1.807) is 0 Å². The summed E-state index contributed by atoms with van der Waals surface area (Å²) in [6, 6.07) is 0. The Kier molecular flexibility index (Phi) is 1.38. The minimum Gasteiger partial charge on any atom is -0.0877 e. The highest BCUT2D eigenvalue weighted by Gasteiger charge is 2.32. The van der Waals surface area contributed by atoms with E-state index in [9.17, 15) is 0 Å². The van der Waals surface area contributed by atoms with E-state index in [1.807, 2.05) is 0 Å². The SMILES string of the molecule is ClC1=C(I)[C@@H]2C=C[C@H]1C2. The van der Waals surface area contributed by atoms with Gasteiger partial charge in [-0.25, -0.2) is 0 Å². The van der Waals surface area contributed by atoms with Crippen LogP contribution in [0.25, 0.3) is 0 Å². The average Bonchev–Trinajstić information content (AvgIpc) is 2.37. The molecule has 0 amide bonds. The van der Waals surface area contributed by atoms with Gasteiger partial charge in [-0.15, -0.1) is 0 Å². The lowest BCUT2D eigenvalue weighted by Gasteiger charge is -2.02. The van der Waals surface area contributed by atoms with Crippen molar-refractivity contribution in [2.45, 2.75) is 6.42 Å². The van der Waals surface area contributed by atoms with Gasteiger partial charge in [0.05, 0.1) is 0 Å². The second-order valence-corrected chi connectivity index (χ2v) is 4.10. The first kappa shape index (κ1) is 6.23. The third kappa shape index (κ3) is 0.777. The van der Waals surface area contributed by atoms with Crippen molar-refractivity contribution in [3.05, 3.63) is 20.8 Å². The number of hydrogen-bond donors (Lipinski definition) is 0. The van der Waals surface area contributed by atoms with E-state index < -0.39 is 0 Å². The molecule has 0 saturated heterocycles. The summed E-state index contributed by atoms with van der Waals surface area (Å²) in [6.07, 6.45) is 5.71. The van der Waals surface area contributed by atoms with Crippen molar-refractivity contribution in [1.29, 1.82) is 0 Å². The molecule has 48 valence electrons. The zero-order chi connectivity index (χ0) is 6.43. The van der Waals surface area contributed by atoms with Crippen LogP contribution in [0.4, 0.5) is 0 Å². The Balaban J connectivity index is 2.41. The Morgan fingerprint density at radius 3 is 2.44 bits per heavy atom. The first-order valence-corrected chi connectivity index (χ1v) is 4.48. The molecule has 0 heterocycles. The molecule has 0 nitrogen and oxygen atoms in total.